The topological polar surface area (TPSA) is 62.6 Å². The normalized spacial score (nSPS) is 14.9. The number of anilines is 2. The summed E-state index contributed by atoms with van der Waals surface area (Å²) in [6.07, 6.45) is 5.79. The second-order valence-electron chi connectivity index (χ2n) is 4.91. The summed E-state index contributed by atoms with van der Waals surface area (Å²) in [5.41, 5.74) is 2.77. The van der Waals surface area contributed by atoms with Crippen LogP contribution in [0, 0.1) is 0 Å². The highest BCUT2D eigenvalue weighted by Gasteiger charge is 2.15. The molecule has 6 nitrogen and oxygen atoms in total. The summed E-state index contributed by atoms with van der Waals surface area (Å²) < 4.78 is 5.61. The molecule has 1 aliphatic heterocycles. The summed E-state index contributed by atoms with van der Waals surface area (Å²) in [4.78, 5) is 11.1. The minimum absolute atomic E-state index is 0.410. The van der Waals surface area contributed by atoms with Gasteiger partial charge in [-0.05, 0) is 25.7 Å². The average Bonchev–Trinajstić information content (AvgIpc) is 2.49. The zero-order valence-electron chi connectivity index (χ0n) is 12.1. The van der Waals surface area contributed by atoms with Crippen LogP contribution in [0.3, 0.4) is 0 Å². The summed E-state index contributed by atoms with van der Waals surface area (Å²) in [5.74, 6) is 1.53. The van der Waals surface area contributed by atoms with Crippen LogP contribution in [0.15, 0.2) is 11.2 Å². The number of ether oxygens (including phenoxy) is 1. The fraction of sp³-hybridized carbons (Fsp3) is 0.643. The van der Waals surface area contributed by atoms with Crippen molar-refractivity contribution in [3.63, 3.8) is 0 Å². The monoisotopic (exact) mass is 277 g/mol. The summed E-state index contributed by atoms with van der Waals surface area (Å²) >= 11 is 0. The minimum Gasteiger partial charge on any atom is -0.463 e. The van der Waals surface area contributed by atoms with Gasteiger partial charge in [-0.2, -0.15) is 15.1 Å². The lowest BCUT2D eigenvalue weighted by atomic mass is 10.1. The van der Waals surface area contributed by atoms with E-state index in [1.807, 2.05) is 6.07 Å². The van der Waals surface area contributed by atoms with Crippen LogP contribution < -0.4 is 15.1 Å². The van der Waals surface area contributed by atoms with Gasteiger partial charge in [0.15, 0.2) is 5.82 Å². The number of hydrazone groups is 1. The Morgan fingerprint density at radius 1 is 1.35 bits per heavy atom. The Bertz CT molecular complexity index is 432. The van der Waals surface area contributed by atoms with Gasteiger partial charge in [0.2, 0.25) is 0 Å². The first-order valence-corrected chi connectivity index (χ1v) is 7.32. The van der Waals surface area contributed by atoms with E-state index in [9.17, 15) is 0 Å². The molecule has 6 heteroatoms. The zero-order valence-corrected chi connectivity index (χ0v) is 12.1. The molecule has 0 amide bonds. The molecule has 0 saturated carbocycles. The number of unbranched alkanes of at least 4 members (excludes halogenated alkanes) is 1. The lowest BCUT2D eigenvalue weighted by molar-refractivity contribution is 0.285. The Morgan fingerprint density at radius 2 is 2.15 bits per heavy atom. The van der Waals surface area contributed by atoms with Crippen LogP contribution in [-0.4, -0.2) is 36.4 Å². The maximum Gasteiger partial charge on any atom is 0.320 e. The number of hydrogen-bond donors (Lipinski definition) is 1. The molecule has 1 aromatic heterocycles. The van der Waals surface area contributed by atoms with Crippen molar-refractivity contribution in [2.24, 2.45) is 5.10 Å². The van der Waals surface area contributed by atoms with Crippen molar-refractivity contribution in [3.8, 4) is 6.01 Å². The van der Waals surface area contributed by atoms with E-state index in [1.165, 1.54) is 19.3 Å². The van der Waals surface area contributed by atoms with E-state index in [2.05, 4.69) is 39.0 Å². The molecule has 0 radical (unpaired) electrons. The molecule has 2 heterocycles. The van der Waals surface area contributed by atoms with Crippen LogP contribution in [0.1, 0.15) is 39.0 Å². The maximum absolute atomic E-state index is 5.61. The largest absolute Gasteiger partial charge is 0.463 e. The van der Waals surface area contributed by atoms with Crippen LogP contribution >= 0.6 is 0 Å². The standard InChI is InChI=1S/C14H23N5O/c1-3-4-10-20-14-16-12(18-15-2)11-13(17-14)19-8-6-5-7-9-19/h11H,2-10H2,1H3,(H,16,17,18). The molecule has 1 saturated heterocycles. The molecule has 0 aromatic carbocycles. The van der Waals surface area contributed by atoms with E-state index in [0.717, 1.165) is 31.7 Å². The van der Waals surface area contributed by atoms with Crippen LogP contribution in [0.2, 0.25) is 0 Å². The van der Waals surface area contributed by atoms with E-state index in [1.54, 1.807) is 0 Å². The smallest absolute Gasteiger partial charge is 0.320 e. The van der Waals surface area contributed by atoms with Crippen molar-refractivity contribution in [1.82, 2.24) is 9.97 Å². The summed E-state index contributed by atoms with van der Waals surface area (Å²) in [7, 11) is 0. The van der Waals surface area contributed by atoms with Crippen LogP contribution in [0.4, 0.5) is 11.6 Å². The molecule has 1 N–H and O–H groups in total. The Hall–Kier alpha value is -1.85. The van der Waals surface area contributed by atoms with Gasteiger partial charge < -0.3 is 9.64 Å². The number of nitrogens with zero attached hydrogens (tertiary/aromatic N) is 4. The van der Waals surface area contributed by atoms with Crippen LogP contribution in [0.5, 0.6) is 6.01 Å². The van der Waals surface area contributed by atoms with Crippen molar-refractivity contribution in [2.45, 2.75) is 39.0 Å². The van der Waals surface area contributed by atoms with Gasteiger partial charge in [-0.3, -0.25) is 5.43 Å². The predicted octanol–water partition coefficient (Wildman–Crippen LogP) is 2.67. The first-order valence-electron chi connectivity index (χ1n) is 7.32. The Morgan fingerprint density at radius 3 is 2.85 bits per heavy atom. The van der Waals surface area contributed by atoms with Crippen molar-refractivity contribution < 1.29 is 4.74 Å². The lowest BCUT2D eigenvalue weighted by Gasteiger charge is -2.28. The Labute approximate surface area is 120 Å². The fourth-order valence-electron chi connectivity index (χ4n) is 2.21. The number of nitrogens with one attached hydrogen (secondary N) is 1. The predicted molar refractivity (Wildman–Crippen MR) is 81.7 cm³/mol. The first kappa shape index (κ1) is 14.6. The molecule has 1 aromatic rings. The number of aromatic nitrogens is 2. The van der Waals surface area contributed by atoms with Gasteiger partial charge in [-0.15, -0.1) is 0 Å². The number of piperidine rings is 1. The zero-order chi connectivity index (χ0) is 14.2. The van der Waals surface area contributed by atoms with E-state index in [0.29, 0.717) is 18.4 Å². The average molecular weight is 277 g/mol. The molecule has 0 bridgehead atoms. The highest BCUT2D eigenvalue weighted by molar-refractivity contribution is 5.51. The molecular weight excluding hydrogens is 254 g/mol. The van der Waals surface area contributed by atoms with Crippen molar-refractivity contribution in [2.75, 3.05) is 30.0 Å². The number of rotatable bonds is 7. The van der Waals surface area contributed by atoms with E-state index < -0.39 is 0 Å². The fourth-order valence-corrected chi connectivity index (χ4v) is 2.21. The molecule has 2 rings (SSSR count). The van der Waals surface area contributed by atoms with Gasteiger partial charge in [0.1, 0.15) is 5.82 Å². The van der Waals surface area contributed by atoms with Crippen LogP contribution in [0.25, 0.3) is 0 Å². The summed E-state index contributed by atoms with van der Waals surface area (Å²) in [6.45, 7) is 8.26. The molecule has 0 spiro atoms. The minimum atomic E-state index is 0.410. The molecular formula is C14H23N5O. The maximum atomic E-state index is 5.61. The quantitative estimate of drug-likeness (QED) is 0.471. The first-order chi connectivity index (χ1) is 9.83. The molecule has 20 heavy (non-hydrogen) atoms. The van der Waals surface area contributed by atoms with Gasteiger partial charge in [0.25, 0.3) is 0 Å². The third-order valence-electron chi connectivity index (χ3n) is 3.29. The second-order valence-corrected chi connectivity index (χ2v) is 4.91. The Balaban J connectivity index is 2.13. The number of hydrogen-bond acceptors (Lipinski definition) is 6. The SMILES string of the molecule is C=NNc1cc(N2CCCCC2)nc(OCCCC)n1. The third kappa shape index (κ3) is 4.08. The highest BCUT2D eigenvalue weighted by atomic mass is 16.5. The molecule has 1 fully saturated rings. The van der Waals surface area contributed by atoms with Gasteiger partial charge in [-0.1, -0.05) is 13.3 Å². The van der Waals surface area contributed by atoms with Crippen molar-refractivity contribution >= 4 is 18.4 Å². The van der Waals surface area contributed by atoms with Gasteiger partial charge >= 0.3 is 6.01 Å². The second kappa shape index (κ2) is 7.67. The van der Waals surface area contributed by atoms with Gasteiger partial charge in [0, 0.05) is 25.9 Å². The molecule has 110 valence electrons. The molecule has 0 aliphatic carbocycles. The third-order valence-corrected chi connectivity index (χ3v) is 3.29. The van der Waals surface area contributed by atoms with E-state index in [-0.39, 0.29) is 0 Å². The summed E-state index contributed by atoms with van der Waals surface area (Å²) in [5, 5.41) is 3.67. The highest BCUT2D eigenvalue weighted by Crippen LogP contribution is 2.22. The van der Waals surface area contributed by atoms with E-state index >= 15 is 0 Å². The molecule has 0 unspecified atom stereocenters. The van der Waals surface area contributed by atoms with E-state index in [4.69, 9.17) is 4.74 Å². The van der Waals surface area contributed by atoms with Crippen molar-refractivity contribution in [3.05, 3.63) is 6.07 Å². The summed E-state index contributed by atoms with van der Waals surface area (Å²) in [6, 6.07) is 2.31. The van der Waals surface area contributed by atoms with Crippen molar-refractivity contribution in [1.29, 1.82) is 0 Å². The van der Waals surface area contributed by atoms with Gasteiger partial charge in [-0.25, -0.2) is 0 Å². The van der Waals surface area contributed by atoms with Crippen LogP contribution in [-0.2, 0) is 0 Å². The lowest BCUT2D eigenvalue weighted by Crippen LogP contribution is -2.30. The molecule has 1 aliphatic rings. The Kier molecular flexibility index (Phi) is 5.58. The molecule has 0 atom stereocenters. The van der Waals surface area contributed by atoms with Gasteiger partial charge in [0.05, 0.1) is 6.61 Å².